The van der Waals surface area contributed by atoms with Crippen LogP contribution in [0.15, 0.2) is 11.3 Å². The second-order valence-electron chi connectivity index (χ2n) is 7.07. The predicted octanol–water partition coefficient (Wildman–Crippen LogP) is 0.669. The summed E-state index contributed by atoms with van der Waals surface area (Å²) in [5, 5.41) is 10.5. The molecule has 3 rings (SSSR count). The Balaban J connectivity index is 1.46. The maximum atomic E-state index is 5.54. The van der Waals surface area contributed by atoms with Crippen molar-refractivity contribution in [2.75, 3.05) is 46.4 Å². The third-order valence-electron chi connectivity index (χ3n) is 5.37. The molecule has 140 valence electrons. The lowest BCUT2D eigenvalue weighted by atomic mass is 9.96. The van der Waals surface area contributed by atoms with Gasteiger partial charge < -0.3 is 15.0 Å². The molecule has 8 nitrogen and oxygen atoms in total. The number of H-pyrrole nitrogens is 1. The quantitative estimate of drug-likeness (QED) is 0.614. The number of aliphatic imine (C=N–C) groups is 1. The minimum absolute atomic E-state index is 0.461. The molecule has 0 bridgehead atoms. The molecule has 0 aromatic carbocycles. The van der Waals surface area contributed by atoms with Crippen molar-refractivity contribution in [3.05, 3.63) is 12.2 Å². The summed E-state index contributed by atoms with van der Waals surface area (Å²) >= 11 is 0. The smallest absolute Gasteiger partial charge is 0.193 e. The van der Waals surface area contributed by atoms with E-state index in [2.05, 4.69) is 49.1 Å². The normalized spacial score (nSPS) is 25.2. The molecular weight excluding hydrogens is 318 g/mol. The Kier molecular flexibility index (Phi) is 6.25. The molecule has 1 aromatic rings. The van der Waals surface area contributed by atoms with Gasteiger partial charge in [-0.3, -0.25) is 15.0 Å². The number of hydrogen-bond acceptors (Lipinski definition) is 5. The summed E-state index contributed by atoms with van der Waals surface area (Å²) in [6.07, 6.45) is 3.74. The molecule has 25 heavy (non-hydrogen) atoms. The van der Waals surface area contributed by atoms with Crippen LogP contribution in [-0.2, 0) is 4.74 Å². The fraction of sp³-hybridized carbons (Fsp3) is 0.824. The van der Waals surface area contributed by atoms with Gasteiger partial charge in [0.05, 0.1) is 13.2 Å². The minimum Gasteiger partial charge on any atom is -0.379 e. The van der Waals surface area contributed by atoms with E-state index in [1.807, 2.05) is 7.05 Å². The number of aromatic nitrogens is 3. The van der Waals surface area contributed by atoms with Crippen LogP contribution < -0.4 is 5.32 Å². The van der Waals surface area contributed by atoms with Gasteiger partial charge in [0.25, 0.3) is 0 Å². The van der Waals surface area contributed by atoms with Crippen molar-refractivity contribution in [3.8, 4) is 0 Å². The molecule has 0 aliphatic carbocycles. The monoisotopic (exact) mass is 349 g/mol. The molecule has 0 saturated carbocycles. The van der Waals surface area contributed by atoms with Crippen LogP contribution in [0, 0.1) is 0 Å². The fourth-order valence-electron chi connectivity index (χ4n) is 3.86. The van der Waals surface area contributed by atoms with Crippen LogP contribution in [0.3, 0.4) is 0 Å². The molecule has 0 amide bonds. The molecule has 2 aliphatic rings. The number of morpholine rings is 1. The topological polar surface area (TPSA) is 81.7 Å². The largest absolute Gasteiger partial charge is 0.379 e. The van der Waals surface area contributed by atoms with Gasteiger partial charge in [-0.15, -0.1) is 0 Å². The Morgan fingerprint density at radius 3 is 2.88 bits per heavy atom. The third-order valence-corrected chi connectivity index (χ3v) is 5.37. The molecule has 0 spiro atoms. The number of piperidine rings is 1. The summed E-state index contributed by atoms with van der Waals surface area (Å²) in [6.45, 7) is 10.1. The van der Waals surface area contributed by atoms with Gasteiger partial charge in [0.1, 0.15) is 12.2 Å². The molecule has 2 aliphatic heterocycles. The molecule has 2 unspecified atom stereocenters. The van der Waals surface area contributed by atoms with Crippen LogP contribution in [0.1, 0.15) is 38.4 Å². The Morgan fingerprint density at radius 1 is 1.44 bits per heavy atom. The average molecular weight is 349 g/mol. The van der Waals surface area contributed by atoms with E-state index in [4.69, 9.17) is 4.74 Å². The standard InChI is InChI=1S/C17H31N7O/c1-13(24-8-9-25-11-14(24)2)10-19-17(18-3)23-6-4-15(5-7-23)16-20-12-21-22-16/h12-15H,4-11H2,1-3H3,(H,18,19)(H,20,21,22). The van der Waals surface area contributed by atoms with Crippen LogP contribution in [0.2, 0.25) is 0 Å². The van der Waals surface area contributed by atoms with Gasteiger partial charge in [0.15, 0.2) is 5.96 Å². The molecule has 0 radical (unpaired) electrons. The molecule has 3 heterocycles. The number of aromatic amines is 1. The van der Waals surface area contributed by atoms with Gasteiger partial charge in [0.2, 0.25) is 0 Å². The number of rotatable bonds is 4. The Hall–Kier alpha value is -1.67. The molecule has 2 N–H and O–H groups in total. The first-order valence-electron chi connectivity index (χ1n) is 9.33. The summed E-state index contributed by atoms with van der Waals surface area (Å²) in [7, 11) is 1.87. The Morgan fingerprint density at radius 2 is 2.24 bits per heavy atom. The summed E-state index contributed by atoms with van der Waals surface area (Å²) in [5.41, 5.74) is 0. The van der Waals surface area contributed by atoms with E-state index >= 15 is 0 Å². The summed E-state index contributed by atoms with van der Waals surface area (Å²) < 4.78 is 5.54. The van der Waals surface area contributed by atoms with Gasteiger partial charge in [-0.25, -0.2) is 4.98 Å². The number of nitrogens with one attached hydrogen (secondary N) is 2. The lowest BCUT2D eigenvalue weighted by molar-refractivity contribution is -0.0175. The molecular formula is C17H31N7O. The van der Waals surface area contributed by atoms with Crippen molar-refractivity contribution in [1.82, 2.24) is 30.3 Å². The summed E-state index contributed by atoms with van der Waals surface area (Å²) in [6, 6.07) is 0.938. The lowest BCUT2D eigenvalue weighted by Crippen LogP contribution is -2.54. The first-order chi connectivity index (χ1) is 12.2. The zero-order valence-electron chi connectivity index (χ0n) is 15.6. The number of hydrogen-bond donors (Lipinski definition) is 2. The highest BCUT2D eigenvalue weighted by molar-refractivity contribution is 5.80. The highest BCUT2D eigenvalue weighted by Gasteiger charge is 2.26. The number of guanidine groups is 1. The average Bonchev–Trinajstić information content (AvgIpc) is 3.17. The van der Waals surface area contributed by atoms with Crippen LogP contribution >= 0.6 is 0 Å². The highest BCUT2D eigenvalue weighted by atomic mass is 16.5. The minimum atomic E-state index is 0.461. The van der Waals surface area contributed by atoms with Crippen molar-refractivity contribution in [3.63, 3.8) is 0 Å². The summed E-state index contributed by atoms with van der Waals surface area (Å²) in [5.74, 6) is 2.49. The van der Waals surface area contributed by atoms with Crippen LogP contribution in [0.4, 0.5) is 0 Å². The summed E-state index contributed by atoms with van der Waals surface area (Å²) in [4.78, 5) is 13.7. The molecule has 1 aromatic heterocycles. The first kappa shape index (κ1) is 18.1. The second kappa shape index (κ2) is 8.62. The van der Waals surface area contributed by atoms with E-state index < -0.39 is 0 Å². The number of ether oxygens (including phenoxy) is 1. The van der Waals surface area contributed by atoms with E-state index in [-0.39, 0.29) is 0 Å². The predicted molar refractivity (Wildman–Crippen MR) is 97.7 cm³/mol. The molecule has 8 heteroatoms. The molecule has 2 fully saturated rings. The van der Waals surface area contributed by atoms with Crippen LogP contribution in [0.25, 0.3) is 0 Å². The maximum absolute atomic E-state index is 5.54. The Labute approximate surface area is 150 Å². The Bertz CT molecular complexity index is 539. The van der Waals surface area contributed by atoms with E-state index in [1.54, 1.807) is 6.33 Å². The van der Waals surface area contributed by atoms with E-state index in [1.165, 1.54) is 0 Å². The zero-order chi connectivity index (χ0) is 17.6. The van der Waals surface area contributed by atoms with Gasteiger partial charge in [0, 0.05) is 51.2 Å². The molecule has 2 atom stereocenters. The fourth-order valence-corrected chi connectivity index (χ4v) is 3.86. The van der Waals surface area contributed by atoms with Crippen molar-refractivity contribution in [1.29, 1.82) is 0 Å². The van der Waals surface area contributed by atoms with E-state index in [0.29, 0.717) is 18.0 Å². The first-order valence-corrected chi connectivity index (χ1v) is 9.33. The van der Waals surface area contributed by atoms with Crippen molar-refractivity contribution >= 4 is 5.96 Å². The van der Waals surface area contributed by atoms with Gasteiger partial charge in [-0.05, 0) is 26.7 Å². The highest BCUT2D eigenvalue weighted by Crippen LogP contribution is 2.24. The van der Waals surface area contributed by atoms with Crippen molar-refractivity contribution in [2.45, 2.75) is 44.7 Å². The number of nitrogens with zero attached hydrogens (tertiary/aromatic N) is 5. The lowest BCUT2D eigenvalue weighted by Gasteiger charge is -2.39. The van der Waals surface area contributed by atoms with Gasteiger partial charge in [-0.1, -0.05) is 0 Å². The van der Waals surface area contributed by atoms with E-state index in [0.717, 1.165) is 64.0 Å². The molecule has 2 saturated heterocycles. The third kappa shape index (κ3) is 4.49. The second-order valence-corrected chi connectivity index (χ2v) is 7.07. The van der Waals surface area contributed by atoms with Gasteiger partial charge >= 0.3 is 0 Å². The maximum Gasteiger partial charge on any atom is 0.193 e. The zero-order valence-corrected chi connectivity index (χ0v) is 15.6. The van der Waals surface area contributed by atoms with Crippen LogP contribution in [-0.4, -0.2) is 89.5 Å². The van der Waals surface area contributed by atoms with Crippen molar-refractivity contribution < 1.29 is 4.74 Å². The van der Waals surface area contributed by atoms with Crippen LogP contribution in [0.5, 0.6) is 0 Å². The van der Waals surface area contributed by atoms with Crippen molar-refractivity contribution in [2.24, 2.45) is 4.99 Å². The van der Waals surface area contributed by atoms with Gasteiger partial charge in [-0.2, -0.15) is 5.10 Å². The SMILES string of the molecule is CN=C(NCC(C)N1CCOCC1C)N1CCC(c2ncn[nH]2)CC1. The van der Waals surface area contributed by atoms with E-state index in [9.17, 15) is 0 Å². The number of likely N-dealkylation sites (tertiary alicyclic amines) is 1.